The topological polar surface area (TPSA) is 32.7 Å². The van der Waals surface area contributed by atoms with Gasteiger partial charge in [-0.25, -0.2) is 0 Å². The highest BCUT2D eigenvalue weighted by Gasteiger charge is 2.42. The molecule has 0 amide bonds. The Morgan fingerprint density at radius 1 is 1.06 bits per heavy atom. The SMILES string of the molecule is CC1(C)CN(C2CCCC2O)CC(C)(C)O1. The summed E-state index contributed by atoms with van der Waals surface area (Å²) in [5.41, 5.74) is -0.214. The molecular weight excluding hydrogens is 202 g/mol. The zero-order valence-corrected chi connectivity index (χ0v) is 11.0. The second-order valence-electron chi connectivity index (χ2n) is 6.59. The fourth-order valence-electron chi connectivity index (χ4n) is 3.43. The molecule has 1 saturated carbocycles. The van der Waals surface area contributed by atoms with Crippen molar-refractivity contribution in [2.75, 3.05) is 13.1 Å². The predicted octanol–water partition coefficient (Wildman–Crippen LogP) is 1.79. The van der Waals surface area contributed by atoms with Crippen molar-refractivity contribution < 1.29 is 9.84 Å². The van der Waals surface area contributed by atoms with Crippen LogP contribution in [0.5, 0.6) is 0 Å². The van der Waals surface area contributed by atoms with Gasteiger partial charge in [-0.3, -0.25) is 4.90 Å². The van der Waals surface area contributed by atoms with Gasteiger partial charge in [0, 0.05) is 19.1 Å². The highest BCUT2D eigenvalue weighted by atomic mass is 16.5. The Kier molecular flexibility index (Phi) is 3.06. The van der Waals surface area contributed by atoms with E-state index in [1.54, 1.807) is 0 Å². The lowest BCUT2D eigenvalue weighted by Gasteiger charge is -2.49. The molecule has 94 valence electrons. The maximum absolute atomic E-state index is 10.00. The summed E-state index contributed by atoms with van der Waals surface area (Å²) in [4.78, 5) is 2.43. The Labute approximate surface area is 98.8 Å². The van der Waals surface area contributed by atoms with Gasteiger partial charge in [-0.2, -0.15) is 0 Å². The van der Waals surface area contributed by atoms with Crippen molar-refractivity contribution in [3.05, 3.63) is 0 Å². The molecule has 1 aliphatic heterocycles. The van der Waals surface area contributed by atoms with Crippen LogP contribution in [0.1, 0.15) is 47.0 Å². The molecule has 2 rings (SSSR count). The normalized spacial score (nSPS) is 38.8. The Bertz CT molecular complexity index is 247. The lowest BCUT2D eigenvalue weighted by atomic mass is 9.96. The summed E-state index contributed by atoms with van der Waals surface area (Å²) in [6.45, 7) is 10.4. The Morgan fingerprint density at radius 3 is 2.06 bits per heavy atom. The van der Waals surface area contributed by atoms with Gasteiger partial charge in [0.15, 0.2) is 0 Å². The van der Waals surface area contributed by atoms with Crippen molar-refractivity contribution >= 4 is 0 Å². The standard InChI is InChI=1S/C13H25NO2/c1-12(2)8-14(9-13(3,4)16-12)10-6-5-7-11(10)15/h10-11,15H,5-9H2,1-4H3. The van der Waals surface area contributed by atoms with Crippen LogP contribution in [0, 0.1) is 0 Å². The van der Waals surface area contributed by atoms with Crippen LogP contribution in [0.15, 0.2) is 0 Å². The predicted molar refractivity (Wildman–Crippen MR) is 64.5 cm³/mol. The quantitative estimate of drug-likeness (QED) is 0.741. The summed E-state index contributed by atoms with van der Waals surface area (Å²) in [5, 5.41) is 10.00. The van der Waals surface area contributed by atoms with Crippen LogP contribution >= 0.6 is 0 Å². The van der Waals surface area contributed by atoms with E-state index in [9.17, 15) is 5.11 Å². The number of nitrogens with zero attached hydrogens (tertiary/aromatic N) is 1. The minimum Gasteiger partial charge on any atom is -0.391 e. The van der Waals surface area contributed by atoms with Gasteiger partial charge in [0.1, 0.15) is 0 Å². The van der Waals surface area contributed by atoms with Crippen LogP contribution in [0.25, 0.3) is 0 Å². The second-order valence-corrected chi connectivity index (χ2v) is 6.59. The molecule has 3 nitrogen and oxygen atoms in total. The Hall–Kier alpha value is -0.120. The van der Waals surface area contributed by atoms with Gasteiger partial charge in [0.05, 0.1) is 17.3 Å². The molecule has 16 heavy (non-hydrogen) atoms. The number of rotatable bonds is 1. The molecule has 1 heterocycles. The summed E-state index contributed by atoms with van der Waals surface area (Å²) in [6.07, 6.45) is 3.12. The fourth-order valence-corrected chi connectivity index (χ4v) is 3.43. The van der Waals surface area contributed by atoms with Gasteiger partial charge in [0.25, 0.3) is 0 Å². The minimum atomic E-state index is -0.135. The fraction of sp³-hybridized carbons (Fsp3) is 1.00. The molecule has 0 radical (unpaired) electrons. The average Bonchev–Trinajstić information content (AvgIpc) is 2.45. The molecule has 1 aliphatic carbocycles. The number of hydrogen-bond acceptors (Lipinski definition) is 3. The van der Waals surface area contributed by atoms with E-state index in [-0.39, 0.29) is 17.3 Å². The first kappa shape index (κ1) is 12.3. The van der Waals surface area contributed by atoms with E-state index in [0.29, 0.717) is 6.04 Å². The van der Waals surface area contributed by atoms with Crippen LogP contribution < -0.4 is 0 Å². The van der Waals surface area contributed by atoms with E-state index < -0.39 is 0 Å². The lowest BCUT2D eigenvalue weighted by molar-refractivity contribution is -0.191. The van der Waals surface area contributed by atoms with Crippen molar-refractivity contribution in [2.24, 2.45) is 0 Å². The molecule has 2 aliphatic rings. The van der Waals surface area contributed by atoms with E-state index >= 15 is 0 Å². The Morgan fingerprint density at radius 2 is 1.62 bits per heavy atom. The molecule has 0 aromatic carbocycles. The van der Waals surface area contributed by atoms with Gasteiger partial charge in [-0.1, -0.05) is 0 Å². The third-order valence-electron chi connectivity index (χ3n) is 3.63. The summed E-state index contributed by atoms with van der Waals surface area (Å²) < 4.78 is 6.06. The van der Waals surface area contributed by atoms with Crippen LogP contribution in [0.3, 0.4) is 0 Å². The monoisotopic (exact) mass is 227 g/mol. The van der Waals surface area contributed by atoms with Crippen molar-refractivity contribution in [2.45, 2.75) is 70.3 Å². The molecule has 2 atom stereocenters. The molecule has 0 aromatic heterocycles. The van der Waals surface area contributed by atoms with E-state index in [1.165, 1.54) is 0 Å². The number of hydrogen-bond donors (Lipinski definition) is 1. The van der Waals surface area contributed by atoms with Crippen LogP contribution in [0.2, 0.25) is 0 Å². The summed E-state index contributed by atoms with van der Waals surface area (Å²) in [5.74, 6) is 0. The van der Waals surface area contributed by atoms with E-state index in [1.807, 2.05) is 0 Å². The summed E-state index contributed by atoms with van der Waals surface area (Å²) in [6, 6.07) is 0.349. The molecule has 1 N–H and O–H groups in total. The molecule has 3 heteroatoms. The maximum Gasteiger partial charge on any atom is 0.0760 e. The molecule has 2 unspecified atom stereocenters. The van der Waals surface area contributed by atoms with E-state index in [4.69, 9.17) is 4.74 Å². The smallest absolute Gasteiger partial charge is 0.0760 e. The lowest BCUT2D eigenvalue weighted by Crippen LogP contribution is -2.60. The molecule has 0 bridgehead atoms. The number of aliphatic hydroxyl groups excluding tert-OH is 1. The van der Waals surface area contributed by atoms with Crippen molar-refractivity contribution in [1.82, 2.24) is 4.90 Å². The first-order chi connectivity index (χ1) is 7.29. The first-order valence-corrected chi connectivity index (χ1v) is 6.41. The highest BCUT2D eigenvalue weighted by Crippen LogP contribution is 2.33. The van der Waals surface area contributed by atoms with E-state index in [0.717, 1.165) is 32.4 Å². The van der Waals surface area contributed by atoms with Gasteiger partial charge in [-0.05, 0) is 47.0 Å². The Balaban J connectivity index is 2.10. The molecule has 1 saturated heterocycles. The van der Waals surface area contributed by atoms with Gasteiger partial charge >= 0.3 is 0 Å². The number of aliphatic hydroxyl groups is 1. The van der Waals surface area contributed by atoms with Crippen molar-refractivity contribution in [3.63, 3.8) is 0 Å². The molecule has 0 spiro atoms. The van der Waals surface area contributed by atoms with Gasteiger partial charge < -0.3 is 9.84 Å². The second kappa shape index (κ2) is 3.97. The average molecular weight is 227 g/mol. The summed E-state index contributed by atoms with van der Waals surface area (Å²) >= 11 is 0. The van der Waals surface area contributed by atoms with Crippen LogP contribution in [-0.4, -0.2) is 46.4 Å². The highest BCUT2D eigenvalue weighted by molar-refractivity contribution is 4.95. The third kappa shape index (κ3) is 2.58. The first-order valence-electron chi connectivity index (χ1n) is 6.41. The number of ether oxygens (including phenoxy) is 1. The van der Waals surface area contributed by atoms with Crippen molar-refractivity contribution in [1.29, 1.82) is 0 Å². The van der Waals surface area contributed by atoms with Gasteiger partial charge in [0.2, 0.25) is 0 Å². The largest absolute Gasteiger partial charge is 0.391 e. The molecule has 0 aromatic rings. The van der Waals surface area contributed by atoms with Gasteiger partial charge in [-0.15, -0.1) is 0 Å². The minimum absolute atomic E-state index is 0.107. The molecular formula is C13H25NO2. The summed E-state index contributed by atoms with van der Waals surface area (Å²) in [7, 11) is 0. The maximum atomic E-state index is 10.00. The number of morpholine rings is 1. The third-order valence-corrected chi connectivity index (χ3v) is 3.63. The zero-order valence-electron chi connectivity index (χ0n) is 11.0. The van der Waals surface area contributed by atoms with Crippen molar-refractivity contribution in [3.8, 4) is 0 Å². The van der Waals surface area contributed by atoms with E-state index in [2.05, 4.69) is 32.6 Å². The zero-order chi connectivity index (χ0) is 12.0. The van der Waals surface area contributed by atoms with Crippen LogP contribution in [0.4, 0.5) is 0 Å². The van der Waals surface area contributed by atoms with Crippen LogP contribution in [-0.2, 0) is 4.74 Å². The molecule has 2 fully saturated rings.